The summed E-state index contributed by atoms with van der Waals surface area (Å²) in [6, 6.07) is 24.9. The van der Waals surface area contributed by atoms with Crippen LogP contribution in [0, 0.1) is 0 Å². The first-order valence-corrected chi connectivity index (χ1v) is 9.26. The molecular weight excluding hydrogens is 362 g/mol. The summed E-state index contributed by atoms with van der Waals surface area (Å²) in [6.45, 7) is 0. The molecule has 0 saturated carbocycles. The fourth-order valence-electron chi connectivity index (χ4n) is 3.82. The quantitative estimate of drug-likeness (QED) is 0.624. The van der Waals surface area contributed by atoms with E-state index >= 15 is 0 Å². The Morgan fingerprint density at radius 2 is 1.34 bits per heavy atom. The van der Waals surface area contributed by atoms with Crippen LogP contribution in [0.3, 0.4) is 0 Å². The number of carbonyl (C=O) groups is 3. The van der Waals surface area contributed by atoms with Gasteiger partial charge in [0.1, 0.15) is 0 Å². The number of rotatable bonds is 2. The van der Waals surface area contributed by atoms with Crippen LogP contribution in [0.25, 0.3) is 11.8 Å². The van der Waals surface area contributed by atoms with E-state index in [2.05, 4.69) is 0 Å². The number of Topliss-reactive ketones (excluding diaryl/α,β-unsaturated/α-hetero) is 1. The number of carbonyl (C=O) groups excluding carboxylic acids is 3. The summed E-state index contributed by atoms with van der Waals surface area (Å²) in [5, 5.41) is 0. The van der Waals surface area contributed by atoms with Crippen molar-refractivity contribution < 1.29 is 14.4 Å². The molecule has 1 aliphatic heterocycles. The lowest BCUT2D eigenvalue weighted by Gasteiger charge is -2.19. The predicted molar refractivity (Wildman–Crippen MR) is 110 cm³/mol. The number of fused-ring (bicyclic) bond motifs is 2. The van der Waals surface area contributed by atoms with Gasteiger partial charge in [-0.2, -0.15) is 0 Å². The average Bonchev–Trinajstić information content (AvgIpc) is 3.07. The summed E-state index contributed by atoms with van der Waals surface area (Å²) in [7, 11) is 0. The van der Waals surface area contributed by atoms with E-state index < -0.39 is 11.8 Å². The molecule has 4 nitrogen and oxygen atoms in total. The number of nitrogens with zero attached hydrogens (tertiary/aromatic N) is 1. The number of ketones is 1. The summed E-state index contributed by atoms with van der Waals surface area (Å²) in [5.41, 5.74) is 3.14. The summed E-state index contributed by atoms with van der Waals surface area (Å²) >= 11 is 0. The van der Waals surface area contributed by atoms with Crippen molar-refractivity contribution in [3.63, 3.8) is 0 Å². The van der Waals surface area contributed by atoms with E-state index in [9.17, 15) is 14.4 Å². The Hall–Kier alpha value is -4.05. The van der Waals surface area contributed by atoms with Gasteiger partial charge in [-0.1, -0.05) is 72.8 Å². The molecular formula is C25H15NO3. The average molecular weight is 377 g/mol. The van der Waals surface area contributed by atoms with Gasteiger partial charge in [0.05, 0.1) is 16.8 Å². The molecule has 0 aromatic heterocycles. The monoisotopic (exact) mass is 377 g/mol. The van der Waals surface area contributed by atoms with Crippen molar-refractivity contribution >= 4 is 29.4 Å². The number of amides is 2. The Bertz CT molecular complexity index is 1240. The highest BCUT2D eigenvalue weighted by Gasteiger charge is 2.44. The topological polar surface area (TPSA) is 54.5 Å². The molecule has 0 fully saturated rings. The molecule has 5 rings (SSSR count). The van der Waals surface area contributed by atoms with E-state index in [0.29, 0.717) is 28.0 Å². The highest BCUT2D eigenvalue weighted by atomic mass is 16.2. The van der Waals surface area contributed by atoms with Gasteiger partial charge in [0.15, 0.2) is 5.78 Å². The number of hydrogen-bond acceptors (Lipinski definition) is 3. The van der Waals surface area contributed by atoms with Gasteiger partial charge < -0.3 is 0 Å². The summed E-state index contributed by atoms with van der Waals surface area (Å²) in [4.78, 5) is 41.1. The van der Waals surface area contributed by atoms with E-state index in [1.54, 1.807) is 60.7 Å². The van der Waals surface area contributed by atoms with Gasteiger partial charge in [-0.25, -0.2) is 4.90 Å². The summed E-state index contributed by atoms with van der Waals surface area (Å²) < 4.78 is 0. The Morgan fingerprint density at radius 1 is 0.724 bits per heavy atom. The van der Waals surface area contributed by atoms with Crippen LogP contribution >= 0.6 is 0 Å². The molecule has 1 heterocycles. The van der Waals surface area contributed by atoms with Crippen LogP contribution in [-0.4, -0.2) is 22.5 Å². The van der Waals surface area contributed by atoms with E-state index in [0.717, 1.165) is 4.90 Å². The van der Waals surface area contributed by atoms with Crippen molar-refractivity contribution in [1.82, 2.24) is 4.90 Å². The van der Waals surface area contributed by atoms with Crippen LogP contribution in [0.1, 0.15) is 31.8 Å². The van der Waals surface area contributed by atoms with Crippen LogP contribution in [0.5, 0.6) is 0 Å². The smallest absolute Gasteiger partial charge is 0.266 e. The zero-order chi connectivity index (χ0) is 20.0. The van der Waals surface area contributed by atoms with Gasteiger partial charge in [-0.3, -0.25) is 14.4 Å². The molecule has 1 aliphatic carbocycles. The molecule has 2 amide bonds. The van der Waals surface area contributed by atoms with Crippen LogP contribution in [0.15, 0.2) is 96.1 Å². The van der Waals surface area contributed by atoms with Crippen molar-refractivity contribution in [3.05, 3.63) is 118 Å². The molecule has 0 bridgehead atoms. The largest absolute Gasteiger partial charge is 0.288 e. The lowest BCUT2D eigenvalue weighted by atomic mass is 9.86. The first-order chi connectivity index (χ1) is 14.2. The highest BCUT2D eigenvalue weighted by molar-refractivity contribution is 6.35. The zero-order valence-corrected chi connectivity index (χ0v) is 15.3. The van der Waals surface area contributed by atoms with E-state index in [1.165, 1.54) is 0 Å². The SMILES string of the molecule is O=C1C2=C(c3ccccc3)N(C(=O)c3ccccc3)C(=O)C2=Cc2ccccc21. The van der Waals surface area contributed by atoms with Gasteiger partial charge in [0.2, 0.25) is 0 Å². The standard InChI is InChI=1S/C25H15NO3/c27-23-19-14-8-7-13-18(19)15-20-21(23)22(16-9-3-1-4-10-16)26(25(20)29)24(28)17-11-5-2-6-12-17/h1-15H. The highest BCUT2D eigenvalue weighted by Crippen LogP contribution is 2.42. The van der Waals surface area contributed by atoms with E-state index in [1.807, 2.05) is 30.3 Å². The van der Waals surface area contributed by atoms with Gasteiger partial charge in [0.25, 0.3) is 11.8 Å². The fourth-order valence-corrected chi connectivity index (χ4v) is 3.82. The van der Waals surface area contributed by atoms with Crippen molar-refractivity contribution in [2.45, 2.75) is 0 Å². The maximum Gasteiger partial charge on any atom is 0.266 e. The Labute approximate surface area is 167 Å². The second-order valence-electron chi connectivity index (χ2n) is 6.88. The molecule has 0 unspecified atom stereocenters. The van der Waals surface area contributed by atoms with Crippen molar-refractivity contribution in [3.8, 4) is 0 Å². The molecule has 2 aliphatic rings. The third-order valence-corrected chi connectivity index (χ3v) is 5.17. The Morgan fingerprint density at radius 3 is 2.07 bits per heavy atom. The predicted octanol–water partition coefficient (Wildman–Crippen LogP) is 4.36. The molecule has 0 radical (unpaired) electrons. The molecule has 4 heteroatoms. The Kier molecular flexibility index (Phi) is 3.85. The minimum Gasteiger partial charge on any atom is -0.288 e. The minimum absolute atomic E-state index is 0.242. The Balaban J connectivity index is 1.77. The molecule has 0 spiro atoms. The molecule has 29 heavy (non-hydrogen) atoms. The van der Waals surface area contributed by atoms with Gasteiger partial charge in [0, 0.05) is 11.1 Å². The molecule has 3 aromatic carbocycles. The van der Waals surface area contributed by atoms with Crippen molar-refractivity contribution in [2.24, 2.45) is 0 Å². The first-order valence-electron chi connectivity index (χ1n) is 9.26. The molecule has 0 saturated heterocycles. The molecule has 0 N–H and O–H groups in total. The van der Waals surface area contributed by atoms with Gasteiger partial charge in [-0.15, -0.1) is 0 Å². The minimum atomic E-state index is -0.476. The van der Waals surface area contributed by atoms with Crippen molar-refractivity contribution in [2.75, 3.05) is 0 Å². The van der Waals surface area contributed by atoms with Crippen LogP contribution in [0.2, 0.25) is 0 Å². The van der Waals surface area contributed by atoms with Crippen LogP contribution < -0.4 is 0 Å². The zero-order valence-electron chi connectivity index (χ0n) is 15.3. The summed E-state index contributed by atoms with van der Waals surface area (Å²) in [6.07, 6.45) is 1.70. The van der Waals surface area contributed by atoms with Crippen LogP contribution in [-0.2, 0) is 4.79 Å². The molecule has 3 aromatic rings. The van der Waals surface area contributed by atoms with E-state index in [4.69, 9.17) is 0 Å². The van der Waals surface area contributed by atoms with Gasteiger partial charge in [-0.05, 0) is 29.3 Å². The number of hydrogen-bond donors (Lipinski definition) is 0. The summed E-state index contributed by atoms with van der Waals surface area (Å²) in [5.74, 6) is -1.17. The van der Waals surface area contributed by atoms with E-state index in [-0.39, 0.29) is 16.9 Å². The van der Waals surface area contributed by atoms with Crippen molar-refractivity contribution in [1.29, 1.82) is 0 Å². The second-order valence-corrected chi connectivity index (χ2v) is 6.88. The van der Waals surface area contributed by atoms with Gasteiger partial charge >= 0.3 is 0 Å². The normalized spacial score (nSPS) is 15.2. The number of imide groups is 1. The lowest BCUT2D eigenvalue weighted by Crippen LogP contribution is -2.32. The third-order valence-electron chi connectivity index (χ3n) is 5.17. The second kappa shape index (κ2) is 6.53. The maximum absolute atomic E-state index is 13.3. The molecule has 138 valence electrons. The first kappa shape index (κ1) is 17.1. The lowest BCUT2D eigenvalue weighted by molar-refractivity contribution is -0.121. The maximum atomic E-state index is 13.3. The molecule has 0 atom stereocenters. The van der Waals surface area contributed by atoms with Crippen LogP contribution in [0.4, 0.5) is 0 Å². The third kappa shape index (κ3) is 2.57. The fraction of sp³-hybridized carbons (Fsp3) is 0. The number of benzene rings is 3.